The quantitative estimate of drug-likeness (QED) is 0.411. The van der Waals surface area contributed by atoms with Crippen LogP contribution in [0.4, 0.5) is 10.5 Å². The van der Waals surface area contributed by atoms with Gasteiger partial charge in [-0.05, 0) is 53.4 Å². The van der Waals surface area contributed by atoms with Gasteiger partial charge >= 0.3 is 6.03 Å². The van der Waals surface area contributed by atoms with Gasteiger partial charge in [0.05, 0.1) is 23.9 Å². The molecular weight excluding hydrogens is 442 g/mol. The van der Waals surface area contributed by atoms with Crippen molar-refractivity contribution < 1.29 is 9.53 Å². The van der Waals surface area contributed by atoms with E-state index in [1.54, 1.807) is 13.2 Å². The first-order valence-electron chi connectivity index (χ1n) is 11.4. The molecular formula is C27H25N5O3. The third-order valence-corrected chi connectivity index (χ3v) is 5.98. The lowest BCUT2D eigenvalue weighted by Gasteiger charge is -2.11. The van der Waals surface area contributed by atoms with Crippen molar-refractivity contribution in [2.45, 2.75) is 19.8 Å². The van der Waals surface area contributed by atoms with Crippen LogP contribution in [0.5, 0.6) is 5.75 Å². The first-order chi connectivity index (χ1) is 17.0. The number of benzene rings is 3. The summed E-state index contributed by atoms with van der Waals surface area (Å²) in [6, 6.07) is 19.4. The van der Waals surface area contributed by atoms with Crippen LogP contribution in [0.1, 0.15) is 23.7 Å². The van der Waals surface area contributed by atoms with E-state index in [9.17, 15) is 9.59 Å². The topological polar surface area (TPSA) is 108 Å². The zero-order valence-electron chi connectivity index (χ0n) is 19.5. The van der Waals surface area contributed by atoms with Crippen molar-refractivity contribution in [2.75, 3.05) is 13.7 Å². The largest absolute Gasteiger partial charge is 0.497 e. The second-order valence-corrected chi connectivity index (χ2v) is 8.35. The van der Waals surface area contributed by atoms with E-state index < -0.39 is 0 Å². The Morgan fingerprint density at radius 3 is 2.69 bits per heavy atom. The van der Waals surface area contributed by atoms with Crippen LogP contribution >= 0.6 is 0 Å². The van der Waals surface area contributed by atoms with Crippen LogP contribution in [0.15, 0.2) is 70.5 Å². The van der Waals surface area contributed by atoms with Crippen molar-refractivity contribution in [1.29, 1.82) is 0 Å². The lowest BCUT2D eigenvalue weighted by molar-refractivity contribution is 0.245. The molecule has 0 unspecified atom stereocenters. The Balaban J connectivity index is 1.47. The number of fused-ring (bicyclic) bond motifs is 2. The number of H-pyrrole nitrogens is 1. The van der Waals surface area contributed by atoms with Crippen LogP contribution in [0.2, 0.25) is 0 Å². The summed E-state index contributed by atoms with van der Waals surface area (Å²) < 4.78 is 5.58. The van der Waals surface area contributed by atoms with Gasteiger partial charge in [0, 0.05) is 24.8 Å². The number of hydrogen-bond donors (Lipinski definition) is 3. The molecule has 8 heteroatoms. The molecule has 1 aliphatic heterocycles. The van der Waals surface area contributed by atoms with E-state index in [4.69, 9.17) is 4.74 Å². The van der Waals surface area contributed by atoms with Crippen molar-refractivity contribution >= 4 is 28.3 Å². The Bertz CT molecular complexity index is 1520. The number of nitrogens with one attached hydrogen (secondary N) is 3. The normalized spacial score (nSPS) is 12.2. The van der Waals surface area contributed by atoms with Gasteiger partial charge in [0.15, 0.2) is 0 Å². The number of aromatic amines is 1. The van der Waals surface area contributed by atoms with E-state index in [1.165, 1.54) is 0 Å². The summed E-state index contributed by atoms with van der Waals surface area (Å²) in [6.45, 7) is 2.42. The minimum atomic E-state index is -0.250. The Morgan fingerprint density at radius 1 is 1.06 bits per heavy atom. The molecule has 0 aliphatic carbocycles. The Labute approximate surface area is 202 Å². The van der Waals surface area contributed by atoms with Gasteiger partial charge in [0.2, 0.25) is 0 Å². The molecule has 1 aliphatic rings. The van der Waals surface area contributed by atoms with Crippen molar-refractivity contribution in [3.63, 3.8) is 0 Å². The van der Waals surface area contributed by atoms with Crippen LogP contribution in [0.25, 0.3) is 21.9 Å². The van der Waals surface area contributed by atoms with Crippen LogP contribution in [0, 0.1) is 0 Å². The molecule has 8 nitrogen and oxygen atoms in total. The van der Waals surface area contributed by atoms with Gasteiger partial charge in [0.25, 0.3) is 5.56 Å². The third kappa shape index (κ3) is 4.63. The number of rotatable bonds is 5. The molecule has 4 aromatic rings. The summed E-state index contributed by atoms with van der Waals surface area (Å²) in [4.78, 5) is 28.6. The van der Waals surface area contributed by atoms with Crippen molar-refractivity contribution in [2.24, 2.45) is 4.99 Å². The van der Waals surface area contributed by atoms with Gasteiger partial charge in [-0.25, -0.2) is 14.9 Å². The van der Waals surface area contributed by atoms with Crippen LogP contribution < -0.4 is 20.9 Å². The fourth-order valence-electron chi connectivity index (χ4n) is 4.32. The minimum absolute atomic E-state index is 0.199. The maximum atomic E-state index is 12.2. The molecule has 0 radical (unpaired) electrons. The molecule has 0 atom stereocenters. The number of methoxy groups -OCH3 is 1. The molecule has 2 amide bonds. The first kappa shape index (κ1) is 22.3. The summed E-state index contributed by atoms with van der Waals surface area (Å²) in [5, 5.41) is 13.9. The number of urea groups is 1. The molecule has 3 N–H and O–H groups in total. The van der Waals surface area contributed by atoms with Crippen LogP contribution in [-0.2, 0) is 12.8 Å². The number of nitrogens with zero attached hydrogens (tertiary/aromatic N) is 2. The van der Waals surface area contributed by atoms with Gasteiger partial charge in [-0.3, -0.25) is 10.1 Å². The molecule has 0 fully saturated rings. The van der Waals surface area contributed by atoms with Gasteiger partial charge < -0.3 is 10.1 Å². The highest BCUT2D eigenvalue weighted by Crippen LogP contribution is 2.34. The summed E-state index contributed by atoms with van der Waals surface area (Å²) in [5.74, 6) is 1.36. The maximum Gasteiger partial charge on any atom is 0.320 e. The monoisotopic (exact) mass is 467 g/mol. The molecule has 5 rings (SSSR count). The predicted molar refractivity (Wildman–Crippen MR) is 137 cm³/mol. The molecule has 35 heavy (non-hydrogen) atoms. The van der Waals surface area contributed by atoms with Crippen molar-refractivity contribution in [3.8, 4) is 16.9 Å². The smallest absolute Gasteiger partial charge is 0.320 e. The zero-order chi connectivity index (χ0) is 24.4. The number of aromatic nitrogens is 2. The van der Waals surface area contributed by atoms with E-state index in [2.05, 4.69) is 38.0 Å². The lowest BCUT2D eigenvalue weighted by atomic mass is 9.97. The number of amidine groups is 1. The zero-order valence-corrected chi connectivity index (χ0v) is 19.5. The average molecular weight is 468 g/mol. The second-order valence-electron chi connectivity index (χ2n) is 8.35. The third-order valence-electron chi connectivity index (χ3n) is 5.98. The van der Waals surface area contributed by atoms with E-state index in [0.717, 1.165) is 44.8 Å². The molecule has 0 saturated carbocycles. The average Bonchev–Trinajstić information content (AvgIpc) is 3.27. The molecule has 1 aromatic heterocycles. The number of amides is 2. The fourth-order valence-corrected chi connectivity index (χ4v) is 4.32. The van der Waals surface area contributed by atoms with Gasteiger partial charge in [0.1, 0.15) is 11.6 Å². The Hall–Kier alpha value is -4.46. The molecule has 3 aromatic carbocycles. The molecule has 0 spiro atoms. The highest BCUT2D eigenvalue weighted by molar-refractivity contribution is 6.02. The van der Waals surface area contributed by atoms with E-state index in [-0.39, 0.29) is 11.6 Å². The van der Waals surface area contributed by atoms with E-state index in [1.807, 2.05) is 49.4 Å². The van der Waals surface area contributed by atoms with Gasteiger partial charge in [-0.1, -0.05) is 36.4 Å². The molecule has 176 valence electrons. The van der Waals surface area contributed by atoms with Crippen LogP contribution in [-0.4, -0.2) is 35.7 Å². The number of hydrogen-bond acceptors (Lipinski definition) is 5. The lowest BCUT2D eigenvalue weighted by Crippen LogP contribution is -2.39. The number of aliphatic imine (C=N–C) groups is 1. The number of carbonyl (C=O) groups is 1. The number of ether oxygens (including phenoxy) is 1. The van der Waals surface area contributed by atoms with Crippen molar-refractivity contribution in [3.05, 3.63) is 87.8 Å². The maximum absolute atomic E-state index is 12.2. The van der Waals surface area contributed by atoms with E-state index in [0.29, 0.717) is 30.6 Å². The van der Waals surface area contributed by atoms with E-state index >= 15 is 0 Å². The highest BCUT2D eigenvalue weighted by Gasteiger charge is 2.18. The molecule has 0 saturated heterocycles. The summed E-state index contributed by atoms with van der Waals surface area (Å²) in [6.07, 6.45) is 1.12. The highest BCUT2D eigenvalue weighted by atomic mass is 16.5. The first-order valence-corrected chi connectivity index (χ1v) is 11.4. The second kappa shape index (κ2) is 9.42. The minimum Gasteiger partial charge on any atom is -0.497 e. The molecule has 2 heterocycles. The Kier molecular flexibility index (Phi) is 6.01. The predicted octanol–water partition coefficient (Wildman–Crippen LogP) is 4.09. The fraction of sp³-hybridized carbons (Fsp3) is 0.185. The SMILES string of the molecule is CCNC(=O)NC1=Nc2cc(-c3cc(Cc4n[nH]c(=O)c5ccccc45)cc(OC)c3)ccc2C1. The van der Waals surface area contributed by atoms with Crippen molar-refractivity contribution in [1.82, 2.24) is 20.8 Å². The van der Waals surface area contributed by atoms with Gasteiger partial charge in [-0.2, -0.15) is 5.10 Å². The van der Waals surface area contributed by atoms with Gasteiger partial charge in [-0.15, -0.1) is 0 Å². The standard InChI is InChI=1S/C27H25N5O3/c1-3-28-27(34)30-25-15-18-9-8-17(14-23(18)29-25)19-10-16(11-20(13-19)35-2)12-24-21-6-4-5-7-22(21)26(33)32-31-24/h4-11,13-14H,3,12,15H2,1-2H3,(H,32,33)(H2,28,29,30,34). The summed E-state index contributed by atoms with van der Waals surface area (Å²) >= 11 is 0. The summed E-state index contributed by atoms with van der Waals surface area (Å²) in [7, 11) is 1.64. The molecule has 0 bridgehead atoms. The number of carbonyl (C=O) groups excluding carboxylic acids is 1. The van der Waals surface area contributed by atoms with Crippen LogP contribution in [0.3, 0.4) is 0 Å². The Morgan fingerprint density at radius 2 is 1.89 bits per heavy atom. The summed E-state index contributed by atoms with van der Waals surface area (Å²) in [5.41, 5.74) is 5.48.